The number of rotatable bonds is 3. The van der Waals surface area contributed by atoms with Crippen LogP contribution in [-0.2, 0) is 0 Å². The first kappa shape index (κ1) is 13.5. The van der Waals surface area contributed by atoms with Crippen LogP contribution in [0.3, 0.4) is 0 Å². The molecule has 3 rings (SSSR count). The predicted molar refractivity (Wildman–Crippen MR) is 89.2 cm³/mol. The molecule has 0 aromatic heterocycles. The van der Waals surface area contributed by atoms with Crippen LogP contribution in [0.25, 0.3) is 11.1 Å². The topological polar surface area (TPSA) is 0 Å². The monoisotopic (exact) mass is 345 g/mol. The number of halogens is 1. The van der Waals surface area contributed by atoms with Gasteiger partial charge in [-0.15, -0.1) is 0 Å². The first-order valence-electron chi connectivity index (χ1n) is 6.46. The van der Waals surface area contributed by atoms with E-state index < -0.39 is 13.0 Å². The van der Waals surface area contributed by atoms with Crippen molar-refractivity contribution in [2.75, 3.05) is 0 Å². The van der Waals surface area contributed by atoms with E-state index in [0.717, 1.165) is 0 Å². The molecule has 2 heteroatoms. The van der Waals surface area contributed by atoms with Gasteiger partial charge in [-0.1, -0.05) is 0 Å². The second kappa shape index (κ2) is 6.28. The summed E-state index contributed by atoms with van der Waals surface area (Å²) in [6.45, 7) is 0. The minimum absolute atomic E-state index is 1.23. The molecule has 0 spiro atoms. The minimum atomic E-state index is -1.50. The Kier molecular flexibility index (Phi) is 4.22. The van der Waals surface area contributed by atoms with E-state index in [0.29, 0.717) is 0 Å². The van der Waals surface area contributed by atoms with Crippen LogP contribution in [-0.4, -0.2) is 13.0 Å². The van der Waals surface area contributed by atoms with Crippen molar-refractivity contribution in [1.82, 2.24) is 0 Å². The molecule has 0 bridgehead atoms. The molecule has 0 nitrogen and oxygen atoms in total. The second-order valence-electron chi connectivity index (χ2n) is 4.43. The Balaban J connectivity index is 2.07. The summed E-state index contributed by atoms with van der Waals surface area (Å²) in [5.74, 6) is 0. The van der Waals surface area contributed by atoms with Gasteiger partial charge in [-0.05, 0) is 0 Å². The number of hydrogen-bond donors (Lipinski definition) is 0. The molecular weight excluding hydrogens is 331 g/mol. The fraction of sp³-hybridized carbons (Fsp3) is 0. The Morgan fingerprint density at radius 3 is 1.85 bits per heavy atom. The normalized spacial score (nSPS) is 10.7. The SMILES string of the molecule is Cl[Se](c1ccccc1)c1ccccc1-c1ccccc1. The van der Waals surface area contributed by atoms with E-state index in [1.54, 1.807) is 0 Å². The van der Waals surface area contributed by atoms with Crippen molar-refractivity contribution >= 4 is 32.0 Å². The summed E-state index contributed by atoms with van der Waals surface area (Å²) in [5.41, 5.74) is 2.48. The van der Waals surface area contributed by atoms with Crippen LogP contribution < -0.4 is 8.92 Å². The Hall–Kier alpha value is -1.53. The van der Waals surface area contributed by atoms with Crippen LogP contribution in [0.2, 0.25) is 0 Å². The predicted octanol–water partition coefficient (Wildman–Crippen LogP) is 3.70. The Morgan fingerprint density at radius 2 is 1.15 bits per heavy atom. The summed E-state index contributed by atoms with van der Waals surface area (Å²) in [6.07, 6.45) is 0. The third-order valence-corrected chi connectivity index (χ3v) is 7.90. The summed E-state index contributed by atoms with van der Waals surface area (Å²) in [6, 6.07) is 29.3. The first-order chi connectivity index (χ1) is 9.86. The summed E-state index contributed by atoms with van der Waals surface area (Å²) in [4.78, 5) is 0. The average Bonchev–Trinajstić information content (AvgIpc) is 2.56. The molecule has 0 unspecified atom stereocenters. The van der Waals surface area contributed by atoms with Crippen molar-refractivity contribution in [2.24, 2.45) is 0 Å². The van der Waals surface area contributed by atoms with Crippen molar-refractivity contribution < 1.29 is 0 Å². The molecule has 0 saturated carbocycles. The van der Waals surface area contributed by atoms with Crippen LogP contribution in [0.15, 0.2) is 84.9 Å². The Morgan fingerprint density at radius 1 is 0.600 bits per heavy atom. The van der Waals surface area contributed by atoms with Gasteiger partial charge in [-0.2, -0.15) is 0 Å². The molecule has 99 valence electrons. The molecule has 0 fully saturated rings. The molecule has 0 saturated heterocycles. The molecule has 0 heterocycles. The van der Waals surface area contributed by atoms with Gasteiger partial charge in [0.2, 0.25) is 0 Å². The second-order valence-corrected chi connectivity index (χ2v) is 9.02. The van der Waals surface area contributed by atoms with Crippen LogP contribution in [0.1, 0.15) is 0 Å². The molecule has 0 aliphatic rings. The standard InChI is InChI=1S/C18H14ClSe/c19-20(16-11-5-2-6-12-16)18-14-8-7-13-17(18)15-9-3-1-4-10-15/h1-14H. The van der Waals surface area contributed by atoms with Gasteiger partial charge in [0.15, 0.2) is 0 Å². The van der Waals surface area contributed by atoms with Crippen molar-refractivity contribution in [2.45, 2.75) is 0 Å². The van der Waals surface area contributed by atoms with E-state index in [1.807, 2.05) is 12.1 Å². The van der Waals surface area contributed by atoms with E-state index in [9.17, 15) is 0 Å². The fourth-order valence-electron chi connectivity index (χ4n) is 2.15. The van der Waals surface area contributed by atoms with Crippen LogP contribution in [0.5, 0.6) is 0 Å². The molecule has 3 aromatic carbocycles. The van der Waals surface area contributed by atoms with Gasteiger partial charge < -0.3 is 0 Å². The van der Waals surface area contributed by atoms with Crippen LogP contribution >= 0.6 is 10.1 Å². The summed E-state index contributed by atoms with van der Waals surface area (Å²) in [7, 11) is 6.81. The molecule has 0 aliphatic carbocycles. The van der Waals surface area contributed by atoms with Gasteiger partial charge in [0.05, 0.1) is 0 Å². The van der Waals surface area contributed by atoms with Gasteiger partial charge in [0.1, 0.15) is 0 Å². The molecule has 0 amide bonds. The number of hydrogen-bond acceptors (Lipinski definition) is 0. The van der Waals surface area contributed by atoms with Gasteiger partial charge in [-0.25, -0.2) is 0 Å². The Bertz CT molecular complexity index is 680. The van der Waals surface area contributed by atoms with E-state index in [2.05, 4.69) is 72.8 Å². The van der Waals surface area contributed by atoms with Gasteiger partial charge >= 0.3 is 128 Å². The summed E-state index contributed by atoms with van der Waals surface area (Å²) < 4.78 is 2.52. The Labute approximate surface area is 128 Å². The third kappa shape index (κ3) is 2.81. The van der Waals surface area contributed by atoms with Crippen LogP contribution in [0.4, 0.5) is 0 Å². The zero-order valence-corrected chi connectivity index (χ0v) is 13.3. The van der Waals surface area contributed by atoms with Gasteiger partial charge in [0, 0.05) is 0 Å². The van der Waals surface area contributed by atoms with Crippen LogP contribution in [0, 0.1) is 0 Å². The molecule has 0 N–H and O–H groups in total. The molecule has 20 heavy (non-hydrogen) atoms. The summed E-state index contributed by atoms with van der Waals surface area (Å²) >= 11 is -1.50. The fourth-order valence-corrected chi connectivity index (χ4v) is 5.95. The third-order valence-electron chi connectivity index (χ3n) is 3.12. The maximum atomic E-state index is 6.81. The summed E-state index contributed by atoms with van der Waals surface area (Å²) in [5, 5.41) is 0. The van der Waals surface area contributed by atoms with E-state index in [1.165, 1.54) is 20.1 Å². The van der Waals surface area contributed by atoms with E-state index in [-0.39, 0.29) is 0 Å². The maximum absolute atomic E-state index is 6.81. The molecule has 1 radical (unpaired) electrons. The molecular formula is C18H14ClSe. The zero-order chi connectivity index (χ0) is 13.8. The van der Waals surface area contributed by atoms with E-state index in [4.69, 9.17) is 10.1 Å². The van der Waals surface area contributed by atoms with Crippen molar-refractivity contribution in [3.8, 4) is 11.1 Å². The van der Waals surface area contributed by atoms with E-state index >= 15 is 0 Å². The molecule has 0 atom stereocenters. The average molecular weight is 345 g/mol. The van der Waals surface area contributed by atoms with Crippen molar-refractivity contribution in [3.63, 3.8) is 0 Å². The molecule has 0 aliphatic heterocycles. The van der Waals surface area contributed by atoms with Crippen molar-refractivity contribution in [3.05, 3.63) is 84.9 Å². The van der Waals surface area contributed by atoms with Crippen molar-refractivity contribution in [1.29, 1.82) is 0 Å². The zero-order valence-electron chi connectivity index (χ0n) is 10.9. The van der Waals surface area contributed by atoms with Gasteiger partial charge in [0.25, 0.3) is 0 Å². The first-order valence-corrected chi connectivity index (χ1v) is 10.4. The van der Waals surface area contributed by atoms with Gasteiger partial charge in [-0.3, -0.25) is 0 Å². The quantitative estimate of drug-likeness (QED) is 0.636. The number of benzene rings is 3. The molecule has 3 aromatic rings.